The van der Waals surface area contributed by atoms with Crippen LogP contribution in [0.2, 0.25) is 0 Å². The molecule has 2 aliphatic rings. The summed E-state index contributed by atoms with van der Waals surface area (Å²) in [4.78, 5) is 2.50. The minimum absolute atomic E-state index is 0.307. The van der Waals surface area contributed by atoms with E-state index in [1.54, 1.807) is 4.31 Å². The van der Waals surface area contributed by atoms with Gasteiger partial charge in [-0.3, -0.25) is 4.90 Å². The molecule has 20 heavy (non-hydrogen) atoms. The molecule has 0 bridgehead atoms. The van der Waals surface area contributed by atoms with Gasteiger partial charge >= 0.3 is 0 Å². The Morgan fingerprint density at radius 2 is 1.85 bits per heavy atom. The highest BCUT2D eigenvalue weighted by Crippen LogP contribution is 2.22. The van der Waals surface area contributed by atoms with Crippen molar-refractivity contribution in [2.75, 3.05) is 45.5 Å². The Morgan fingerprint density at radius 1 is 1.10 bits per heavy atom. The maximum Gasteiger partial charge on any atom is 0.214 e. The predicted octanol–water partition coefficient (Wildman–Crippen LogP) is 0.876. The van der Waals surface area contributed by atoms with Crippen molar-refractivity contribution >= 4 is 10.0 Å². The maximum absolute atomic E-state index is 12.3. The van der Waals surface area contributed by atoms with E-state index >= 15 is 0 Å². The van der Waals surface area contributed by atoms with Crippen molar-refractivity contribution in [3.05, 3.63) is 0 Å². The zero-order chi connectivity index (χ0) is 14.4. The van der Waals surface area contributed by atoms with Crippen molar-refractivity contribution in [2.45, 2.75) is 44.6 Å². The smallest absolute Gasteiger partial charge is 0.214 e. The highest BCUT2D eigenvalue weighted by atomic mass is 32.2. The van der Waals surface area contributed by atoms with Crippen molar-refractivity contribution in [3.8, 4) is 0 Å². The van der Waals surface area contributed by atoms with Crippen LogP contribution in [0.15, 0.2) is 0 Å². The summed E-state index contributed by atoms with van der Waals surface area (Å²) < 4.78 is 26.4. The largest absolute Gasteiger partial charge is 0.320 e. The highest BCUT2D eigenvalue weighted by Gasteiger charge is 2.34. The number of nitrogens with zero attached hydrogens (tertiary/aromatic N) is 2. The van der Waals surface area contributed by atoms with E-state index in [9.17, 15) is 8.42 Å². The van der Waals surface area contributed by atoms with E-state index in [1.165, 1.54) is 19.3 Å². The van der Waals surface area contributed by atoms with Crippen molar-refractivity contribution in [2.24, 2.45) is 0 Å². The monoisotopic (exact) mass is 303 g/mol. The molecule has 118 valence electrons. The Morgan fingerprint density at radius 3 is 2.55 bits per heavy atom. The number of sulfonamides is 1. The van der Waals surface area contributed by atoms with Crippen LogP contribution in [0.4, 0.5) is 0 Å². The van der Waals surface area contributed by atoms with Crippen LogP contribution in [0.1, 0.15) is 38.5 Å². The van der Waals surface area contributed by atoms with Crippen LogP contribution in [0.5, 0.6) is 0 Å². The van der Waals surface area contributed by atoms with E-state index in [0.717, 1.165) is 45.4 Å². The van der Waals surface area contributed by atoms with E-state index in [4.69, 9.17) is 0 Å². The Labute approximate surface area is 123 Å². The molecular weight excluding hydrogens is 274 g/mol. The van der Waals surface area contributed by atoms with Crippen molar-refractivity contribution in [1.29, 1.82) is 0 Å². The first kappa shape index (κ1) is 16.2. The van der Waals surface area contributed by atoms with Crippen LogP contribution in [-0.2, 0) is 10.0 Å². The molecule has 1 atom stereocenters. The molecule has 0 aromatic rings. The quantitative estimate of drug-likeness (QED) is 0.709. The van der Waals surface area contributed by atoms with Gasteiger partial charge in [0.2, 0.25) is 10.0 Å². The van der Waals surface area contributed by atoms with Crippen LogP contribution in [0.25, 0.3) is 0 Å². The highest BCUT2D eigenvalue weighted by molar-refractivity contribution is 7.89. The van der Waals surface area contributed by atoms with Gasteiger partial charge in [0.25, 0.3) is 0 Å². The first-order chi connectivity index (χ1) is 9.63. The summed E-state index contributed by atoms with van der Waals surface area (Å²) in [6.45, 7) is 4.64. The first-order valence-corrected chi connectivity index (χ1v) is 9.61. The van der Waals surface area contributed by atoms with Crippen molar-refractivity contribution in [1.82, 2.24) is 14.5 Å². The normalized spacial score (nSPS) is 26.1. The van der Waals surface area contributed by atoms with Gasteiger partial charge in [0.1, 0.15) is 0 Å². The average Bonchev–Trinajstić information content (AvgIpc) is 2.95. The molecule has 0 radical (unpaired) electrons. The molecule has 1 unspecified atom stereocenters. The molecule has 0 amide bonds. The fourth-order valence-electron chi connectivity index (χ4n) is 3.26. The number of hydrogen-bond donors (Lipinski definition) is 1. The van der Waals surface area contributed by atoms with Crippen LogP contribution in [0.3, 0.4) is 0 Å². The van der Waals surface area contributed by atoms with Crippen molar-refractivity contribution < 1.29 is 8.42 Å². The number of hydrogen-bond acceptors (Lipinski definition) is 4. The number of nitrogens with one attached hydrogen (secondary N) is 1. The SMILES string of the molecule is CNCCCCS(=O)(=O)N1CCC(N2CCCCC2)C1. The van der Waals surface area contributed by atoms with Gasteiger partial charge in [-0.15, -0.1) is 0 Å². The third-order valence-electron chi connectivity index (χ3n) is 4.51. The van der Waals surface area contributed by atoms with Crippen LogP contribution < -0.4 is 5.32 Å². The van der Waals surface area contributed by atoms with Gasteiger partial charge in [0.05, 0.1) is 5.75 Å². The third kappa shape index (κ3) is 4.41. The number of likely N-dealkylation sites (tertiary alicyclic amines) is 1. The van der Waals surface area contributed by atoms with Crippen molar-refractivity contribution in [3.63, 3.8) is 0 Å². The van der Waals surface area contributed by atoms with E-state index < -0.39 is 10.0 Å². The molecule has 2 fully saturated rings. The average molecular weight is 303 g/mol. The maximum atomic E-state index is 12.3. The van der Waals surface area contributed by atoms with Gasteiger partial charge in [-0.1, -0.05) is 6.42 Å². The molecule has 6 heteroatoms. The summed E-state index contributed by atoms with van der Waals surface area (Å²) in [5.41, 5.74) is 0. The molecule has 0 saturated carbocycles. The first-order valence-electron chi connectivity index (χ1n) is 8.00. The minimum atomic E-state index is -3.03. The molecule has 0 aromatic carbocycles. The van der Waals surface area contributed by atoms with Gasteiger partial charge in [-0.05, 0) is 58.8 Å². The lowest BCUT2D eigenvalue weighted by atomic mass is 10.1. The van der Waals surface area contributed by atoms with Crippen LogP contribution in [0, 0.1) is 0 Å². The molecule has 0 aromatic heterocycles. The third-order valence-corrected chi connectivity index (χ3v) is 6.43. The molecule has 5 nitrogen and oxygen atoms in total. The van der Waals surface area contributed by atoms with Crippen LogP contribution >= 0.6 is 0 Å². The van der Waals surface area contributed by atoms with Crippen LogP contribution in [-0.4, -0.2) is 69.2 Å². The molecule has 2 rings (SSSR count). The minimum Gasteiger partial charge on any atom is -0.320 e. The molecular formula is C14H29N3O2S. The lowest BCUT2D eigenvalue weighted by Crippen LogP contribution is -2.42. The summed E-state index contributed by atoms with van der Waals surface area (Å²) in [5.74, 6) is 0.307. The van der Waals surface area contributed by atoms with Gasteiger partial charge in [-0.2, -0.15) is 0 Å². The van der Waals surface area contributed by atoms with E-state index in [-0.39, 0.29) is 0 Å². The summed E-state index contributed by atoms with van der Waals surface area (Å²) >= 11 is 0. The second-order valence-corrected chi connectivity index (χ2v) is 8.11. The zero-order valence-corrected chi connectivity index (χ0v) is 13.5. The molecule has 0 spiro atoms. The Balaban J connectivity index is 1.78. The molecule has 1 N–H and O–H groups in total. The Kier molecular flexibility index (Phi) is 6.26. The second-order valence-electron chi connectivity index (χ2n) is 6.02. The summed E-state index contributed by atoms with van der Waals surface area (Å²) in [5, 5.41) is 3.06. The van der Waals surface area contributed by atoms with E-state index in [0.29, 0.717) is 18.3 Å². The number of piperidine rings is 1. The second kappa shape index (κ2) is 7.73. The summed E-state index contributed by atoms with van der Waals surface area (Å²) in [6.07, 6.45) is 6.57. The topological polar surface area (TPSA) is 52.7 Å². The Hall–Kier alpha value is -0.170. The van der Waals surface area contributed by atoms with Gasteiger partial charge in [-0.25, -0.2) is 12.7 Å². The lowest BCUT2D eigenvalue weighted by Gasteiger charge is -2.32. The Bertz CT molecular complexity index is 380. The molecule has 2 saturated heterocycles. The zero-order valence-electron chi connectivity index (χ0n) is 12.7. The number of unbranched alkanes of at least 4 members (excludes halogenated alkanes) is 1. The predicted molar refractivity (Wildman–Crippen MR) is 82.3 cm³/mol. The fraction of sp³-hybridized carbons (Fsp3) is 1.00. The van der Waals surface area contributed by atoms with E-state index in [2.05, 4.69) is 10.2 Å². The molecule has 2 heterocycles. The summed E-state index contributed by atoms with van der Waals surface area (Å²) in [6, 6.07) is 0.461. The van der Waals surface area contributed by atoms with Gasteiger partial charge in [0.15, 0.2) is 0 Å². The van der Waals surface area contributed by atoms with E-state index in [1.807, 2.05) is 7.05 Å². The molecule has 2 aliphatic heterocycles. The lowest BCUT2D eigenvalue weighted by molar-refractivity contribution is 0.169. The molecule has 0 aliphatic carbocycles. The van der Waals surface area contributed by atoms with Gasteiger partial charge in [0, 0.05) is 19.1 Å². The standard InChI is InChI=1S/C14H29N3O2S/c1-15-8-3-6-12-20(18,19)17-11-7-14(13-17)16-9-4-2-5-10-16/h14-15H,2-13H2,1H3. The number of rotatable bonds is 7. The van der Waals surface area contributed by atoms with Gasteiger partial charge < -0.3 is 5.32 Å². The fourth-order valence-corrected chi connectivity index (χ4v) is 4.87. The summed E-state index contributed by atoms with van der Waals surface area (Å²) in [7, 11) is -1.13.